The summed E-state index contributed by atoms with van der Waals surface area (Å²) in [6, 6.07) is 17.4. The van der Waals surface area contributed by atoms with Crippen LogP contribution in [0, 0.1) is 0 Å². The molecule has 9 heteroatoms. The fraction of sp³-hybridized carbons (Fsp3) is 0.174. The Hall–Kier alpha value is -3.23. The molecule has 32 heavy (non-hydrogen) atoms. The molecule has 1 aliphatic rings. The lowest BCUT2D eigenvalue weighted by atomic mass is 10.1. The van der Waals surface area contributed by atoms with Gasteiger partial charge in [-0.25, -0.2) is 8.42 Å². The fourth-order valence-electron chi connectivity index (χ4n) is 3.26. The molecule has 0 bridgehead atoms. The summed E-state index contributed by atoms with van der Waals surface area (Å²) >= 11 is 5.92. The van der Waals surface area contributed by atoms with Crippen molar-refractivity contribution < 1.29 is 22.7 Å². The van der Waals surface area contributed by atoms with Crippen LogP contribution in [0.15, 0.2) is 71.6 Å². The van der Waals surface area contributed by atoms with E-state index in [2.05, 4.69) is 10.0 Å². The molecule has 0 unspecified atom stereocenters. The second kappa shape index (κ2) is 9.10. The van der Waals surface area contributed by atoms with Gasteiger partial charge in [-0.2, -0.15) is 0 Å². The third-order valence-electron chi connectivity index (χ3n) is 4.90. The first-order valence-electron chi connectivity index (χ1n) is 9.91. The lowest BCUT2D eigenvalue weighted by Gasteiger charge is -2.21. The van der Waals surface area contributed by atoms with Crippen molar-refractivity contribution in [1.82, 2.24) is 5.32 Å². The predicted octanol–water partition coefficient (Wildman–Crippen LogP) is 4.40. The number of benzene rings is 3. The Kier molecular flexibility index (Phi) is 6.25. The molecule has 0 spiro atoms. The molecule has 7 nitrogen and oxygen atoms in total. The van der Waals surface area contributed by atoms with Crippen molar-refractivity contribution in [2.75, 3.05) is 17.9 Å². The van der Waals surface area contributed by atoms with Gasteiger partial charge in [0.15, 0.2) is 11.5 Å². The van der Waals surface area contributed by atoms with Crippen LogP contribution in [0.5, 0.6) is 11.5 Å². The lowest BCUT2D eigenvalue weighted by Crippen LogP contribution is -2.27. The zero-order valence-corrected chi connectivity index (χ0v) is 18.7. The summed E-state index contributed by atoms with van der Waals surface area (Å²) in [5.41, 5.74) is 1.40. The first-order valence-corrected chi connectivity index (χ1v) is 11.8. The molecule has 1 atom stereocenters. The van der Waals surface area contributed by atoms with E-state index in [1.807, 2.05) is 19.1 Å². The number of amides is 1. The van der Waals surface area contributed by atoms with Gasteiger partial charge in [0, 0.05) is 10.6 Å². The molecule has 0 saturated heterocycles. The van der Waals surface area contributed by atoms with Crippen molar-refractivity contribution >= 4 is 33.2 Å². The zero-order valence-electron chi connectivity index (χ0n) is 17.2. The highest BCUT2D eigenvalue weighted by Gasteiger charge is 2.19. The number of hydrogen-bond acceptors (Lipinski definition) is 5. The van der Waals surface area contributed by atoms with E-state index in [1.165, 1.54) is 24.3 Å². The van der Waals surface area contributed by atoms with Crippen molar-refractivity contribution in [1.29, 1.82) is 0 Å². The Morgan fingerprint density at radius 3 is 2.50 bits per heavy atom. The summed E-state index contributed by atoms with van der Waals surface area (Å²) < 4.78 is 39.1. The molecule has 0 radical (unpaired) electrons. The maximum absolute atomic E-state index is 12.8. The topological polar surface area (TPSA) is 93.7 Å². The summed E-state index contributed by atoms with van der Waals surface area (Å²) in [4.78, 5) is 12.8. The summed E-state index contributed by atoms with van der Waals surface area (Å²) in [6.07, 6.45) is 0. The number of sulfonamides is 1. The minimum Gasteiger partial charge on any atom is -0.486 e. The Morgan fingerprint density at radius 2 is 1.72 bits per heavy atom. The Labute approximate surface area is 191 Å². The van der Waals surface area contributed by atoms with Gasteiger partial charge in [-0.1, -0.05) is 29.8 Å². The quantitative estimate of drug-likeness (QED) is 0.554. The standard InChI is InChI=1S/C23H21ClN2O5S/c1-15(16-8-9-21-22(13-16)31-11-10-30-21)25-23(27)17-4-2-7-20(12-17)32(28,29)26-19-6-3-5-18(24)14-19/h2-9,12-15,26H,10-11H2,1H3,(H,25,27)/t15-/m0/s1. The van der Waals surface area contributed by atoms with Gasteiger partial charge in [0.05, 0.1) is 16.6 Å². The van der Waals surface area contributed by atoms with Crippen LogP contribution in [-0.4, -0.2) is 27.5 Å². The molecule has 1 aliphatic heterocycles. The van der Waals surface area contributed by atoms with Crippen molar-refractivity contribution in [2.45, 2.75) is 17.9 Å². The number of halogens is 1. The number of nitrogens with one attached hydrogen (secondary N) is 2. The molecular weight excluding hydrogens is 452 g/mol. The molecule has 0 fully saturated rings. The van der Waals surface area contributed by atoms with Crippen molar-refractivity contribution in [3.05, 3.63) is 82.9 Å². The minimum atomic E-state index is -3.90. The van der Waals surface area contributed by atoms with Gasteiger partial charge < -0.3 is 14.8 Å². The van der Waals surface area contributed by atoms with E-state index >= 15 is 0 Å². The highest BCUT2D eigenvalue weighted by atomic mass is 35.5. The molecule has 166 valence electrons. The molecular formula is C23H21ClN2O5S. The Morgan fingerprint density at radius 1 is 0.969 bits per heavy atom. The zero-order chi connectivity index (χ0) is 22.7. The van der Waals surface area contributed by atoms with Crippen LogP contribution in [0.25, 0.3) is 0 Å². The second-order valence-corrected chi connectivity index (χ2v) is 9.36. The van der Waals surface area contributed by atoms with Crippen molar-refractivity contribution in [3.8, 4) is 11.5 Å². The smallest absolute Gasteiger partial charge is 0.261 e. The Balaban J connectivity index is 1.49. The summed E-state index contributed by atoms with van der Waals surface area (Å²) in [7, 11) is -3.90. The SMILES string of the molecule is C[C@H](NC(=O)c1cccc(S(=O)(=O)Nc2cccc(Cl)c2)c1)c1ccc2c(c1)OCCO2. The van der Waals surface area contributed by atoms with Crippen molar-refractivity contribution in [3.63, 3.8) is 0 Å². The van der Waals surface area contributed by atoms with Gasteiger partial charge in [-0.3, -0.25) is 9.52 Å². The highest BCUT2D eigenvalue weighted by Crippen LogP contribution is 2.32. The van der Waals surface area contributed by atoms with Gasteiger partial charge in [0.25, 0.3) is 15.9 Å². The van der Waals surface area contributed by atoms with E-state index in [1.54, 1.807) is 30.3 Å². The van der Waals surface area contributed by atoms with Crippen LogP contribution in [0.3, 0.4) is 0 Å². The van der Waals surface area contributed by atoms with E-state index in [0.717, 1.165) is 5.56 Å². The molecule has 1 amide bonds. The summed E-state index contributed by atoms with van der Waals surface area (Å²) in [6.45, 7) is 2.82. The van der Waals surface area contributed by atoms with Gasteiger partial charge in [0.1, 0.15) is 13.2 Å². The second-order valence-electron chi connectivity index (χ2n) is 7.24. The van der Waals surface area contributed by atoms with Crippen LogP contribution < -0.4 is 19.5 Å². The summed E-state index contributed by atoms with van der Waals surface area (Å²) in [5, 5.41) is 3.30. The maximum atomic E-state index is 12.8. The number of ether oxygens (including phenoxy) is 2. The van der Waals surface area contributed by atoms with Crippen LogP contribution in [0.4, 0.5) is 5.69 Å². The number of carbonyl (C=O) groups excluding carboxylic acids is 1. The molecule has 4 rings (SSSR count). The number of carbonyl (C=O) groups is 1. The third-order valence-corrected chi connectivity index (χ3v) is 6.51. The first-order chi connectivity index (χ1) is 15.3. The molecule has 2 N–H and O–H groups in total. The van der Waals surface area contributed by atoms with Crippen LogP contribution in [0.2, 0.25) is 5.02 Å². The third kappa shape index (κ3) is 4.98. The molecule has 3 aromatic rings. The van der Waals surface area contributed by atoms with Gasteiger partial charge in [0.2, 0.25) is 0 Å². The highest BCUT2D eigenvalue weighted by molar-refractivity contribution is 7.92. The lowest BCUT2D eigenvalue weighted by molar-refractivity contribution is 0.0939. The molecule has 3 aromatic carbocycles. The molecule has 0 saturated carbocycles. The maximum Gasteiger partial charge on any atom is 0.261 e. The van der Waals surface area contributed by atoms with Gasteiger partial charge >= 0.3 is 0 Å². The fourth-order valence-corrected chi connectivity index (χ4v) is 4.55. The normalized spacial score (nSPS) is 13.8. The molecule has 0 aromatic heterocycles. The van der Waals surface area contributed by atoms with E-state index in [9.17, 15) is 13.2 Å². The number of hydrogen-bond donors (Lipinski definition) is 2. The summed E-state index contributed by atoms with van der Waals surface area (Å²) in [5.74, 6) is 0.908. The van der Waals surface area contributed by atoms with E-state index in [-0.39, 0.29) is 16.5 Å². The number of fused-ring (bicyclic) bond motifs is 1. The largest absolute Gasteiger partial charge is 0.486 e. The van der Waals surface area contributed by atoms with Crippen molar-refractivity contribution in [2.24, 2.45) is 0 Å². The Bertz CT molecular complexity index is 1260. The van der Waals surface area contributed by atoms with E-state index < -0.39 is 15.9 Å². The molecule has 1 heterocycles. The van der Waals surface area contributed by atoms with Gasteiger partial charge in [-0.15, -0.1) is 0 Å². The average molecular weight is 473 g/mol. The van der Waals surface area contributed by atoms with E-state index in [0.29, 0.717) is 35.4 Å². The number of anilines is 1. The monoisotopic (exact) mass is 472 g/mol. The van der Waals surface area contributed by atoms with E-state index in [4.69, 9.17) is 21.1 Å². The van der Waals surface area contributed by atoms with Crippen LogP contribution in [-0.2, 0) is 10.0 Å². The van der Waals surface area contributed by atoms with Crippen LogP contribution >= 0.6 is 11.6 Å². The molecule has 0 aliphatic carbocycles. The minimum absolute atomic E-state index is 0.0305. The van der Waals surface area contributed by atoms with Crippen LogP contribution in [0.1, 0.15) is 28.9 Å². The average Bonchev–Trinajstić information content (AvgIpc) is 2.78. The predicted molar refractivity (Wildman–Crippen MR) is 122 cm³/mol. The van der Waals surface area contributed by atoms with Gasteiger partial charge in [-0.05, 0) is 61.0 Å². The number of rotatable bonds is 6. The first kappa shape index (κ1) is 22.0.